The molecule has 0 aliphatic heterocycles. The maximum absolute atomic E-state index is 11.4. The van der Waals surface area contributed by atoms with Crippen molar-refractivity contribution in [2.24, 2.45) is 5.14 Å². The molecule has 0 aromatic heterocycles. The van der Waals surface area contributed by atoms with Crippen LogP contribution in [-0.4, -0.2) is 33.7 Å². The number of carbonyl (C=O) groups is 1. The molecule has 1 atom stereocenters. The minimum atomic E-state index is -3.96. The van der Waals surface area contributed by atoms with E-state index >= 15 is 0 Å². The van der Waals surface area contributed by atoms with Gasteiger partial charge in [-0.3, -0.25) is 4.79 Å². The first-order chi connectivity index (χ1) is 9.01. The number of sulfonamides is 2. The second-order valence-electron chi connectivity index (χ2n) is 4.11. The van der Waals surface area contributed by atoms with Crippen molar-refractivity contribution in [3.05, 3.63) is 29.8 Å². The quantitative estimate of drug-likeness (QED) is 0.638. The van der Waals surface area contributed by atoms with Crippen LogP contribution in [0.1, 0.15) is 18.5 Å². The van der Waals surface area contributed by atoms with E-state index in [1.165, 1.54) is 31.2 Å². The number of nitrogens with two attached hydrogens (primary N) is 1. The van der Waals surface area contributed by atoms with E-state index < -0.39 is 37.8 Å². The Labute approximate surface area is 116 Å². The molecule has 10 heteroatoms. The highest BCUT2D eigenvalue weighted by atomic mass is 32.2. The number of primary sulfonamides is 1. The Morgan fingerprint density at radius 1 is 1.25 bits per heavy atom. The standard InChI is InChI=1S/C10H14N2O6S2/c1-7(12-19(15,16)6-10(13)14)8-2-4-9(5-3-8)20(11,17)18/h2-5,7,12H,6H2,1H3,(H,13,14)(H2,11,17,18). The van der Waals surface area contributed by atoms with Crippen LogP contribution >= 0.6 is 0 Å². The Hall–Kier alpha value is -1.49. The molecule has 0 radical (unpaired) electrons. The van der Waals surface area contributed by atoms with Gasteiger partial charge in [0.2, 0.25) is 20.0 Å². The summed E-state index contributed by atoms with van der Waals surface area (Å²) in [5.41, 5.74) is 0.478. The molecule has 1 unspecified atom stereocenters. The number of hydrogen-bond acceptors (Lipinski definition) is 5. The lowest BCUT2D eigenvalue weighted by Crippen LogP contribution is -2.32. The fourth-order valence-electron chi connectivity index (χ4n) is 1.49. The predicted octanol–water partition coefficient (Wildman–Crippen LogP) is -0.601. The van der Waals surface area contributed by atoms with Crippen molar-refractivity contribution in [3.63, 3.8) is 0 Å². The zero-order valence-electron chi connectivity index (χ0n) is 10.5. The van der Waals surface area contributed by atoms with E-state index in [-0.39, 0.29) is 4.90 Å². The minimum Gasteiger partial charge on any atom is -0.480 e. The van der Waals surface area contributed by atoms with Gasteiger partial charge in [-0.25, -0.2) is 26.7 Å². The summed E-state index contributed by atoms with van der Waals surface area (Å²) in [6, 6.07) is 4.58. The molecule has 0 amide bonds. The molecular weight excluding hydrogens is 308 g/mol. The van der Waals surface area contributed by atoms with Gasteiger partial charge in [0.15, 0.2) is 5.75 Å². The molecule has 1 rings (SSSR count). The van der Waals surface area contributed by atoms with Crippen molar-refractivity contribution < 1.29 is 26.7 Å². The maximum atomic E-state index is 11.4. The summed E-state index contributed by atoms with van der Waals surface area (Å²) >= 11 is 0. The van der Waals surface area contributed by atoms with E-state index in [1.54, 1.807) is 0 Å². The van der Waals surface area contributed by atoms with Gasteiger partial charge < -0.3 is 5.11 Å². The number of rotatable bonds is 6. The highest BCUT2D eigenvalue weighted by Gasteiger charge is 2.19. The summed E-state index contributed by atoms with van der Waals surface area (Å²) in [5, 5.41) is 13.4. The summed E-state index contributed by atoms with van der Waals surface area (Å²) in [5.74, 6) is -2.50. The second kappa shape index (κ2) is 5.87. The number of carboxylic acids is 1. The molecule has 0 bridgehead atoms. The van der Waals surface area contributed by atoms with Crippen LogP contribution in [0.4, 0.5) is 0 Å². The largest absolute Gasteiger partial charge is 0.480 e. The van der Waals surface area contributed by atoms with E-state index in [0.717, 1.165) is 0 Å². The van der Waals surface area contributed by atoms with Gasteiger partial charge >= 0.3 is 5.97 Å². The third-order valence-corrected chi connectivity index (χ3v) is 4.65. The van der Waals surface area contributed by atoms with Crippen LogP contribution in [0.2, 0.25) is 0 Å². The molecule has 0 aliphatic carbocycles. The fraction of sp³-hybridized carbons (Fsp3) is 0.300. The number of carboxylic acid groups (broad SMARTS) is 1. The number of benzene rings is 1. The van der Waals surface area contributed by atoms with Gasteiger partial charge in [-0.15, -0.1) is 0 Å². The lowest BCUT2D eigenvalue weighted by Gasteiger charge is -2.14. The van der Waals surface area contributed by atoms with Crippen LogP contribution in [0.3, 0.4) is 0 Å². The normalized spacial score (nSPS) is 13.9. The first-order valence-electron chi connectivity index (χ1n) is 5.36. The fourth-order valence-corrected chi connectivity index (χ4v) is 3.09. The molecule has 0 saturated carbocycles. The van der Waals surface area contributed by atoms with Crippen molar-refractivity contribution in [2.45, 2.75) is 17.9 Å². The van der Waals surface area contributed by atoms with Gasteiger partial charge in [0.25, 0.3) is 0 Å². The number of aliphatic carboxylic acids is 1. The van der Waals surface area contributed by atoms with Crippen LogP contribution in [0.15, 0.2) is 29.2 Å². The molecule has 112 valence electrons. The third kappa shape index (κ3) is 4.89. The molecule has 0 saturated heterocycles. The molecule has 0 heterocycles. The van der Waals surface area contributed by atoms with E-state index in [2.05, 4.69) is 4.72 Å². The Bertz CT molecular complexity index is 694. The van der Waals surface area contributed by atoms with Gasteiger partial charge in [0.1, 0.15) is 0 Å². The lowest BCUT2D eigenvalue weighted by atomic mass is 10.1. The Balaban J connectivity index is 2.89. The summed E-state index contributed by atoms with van der Waals surface area (Å²) < 4.78 is 47.2. The Morgan fingerprint density at radius 3 is 2.15 bits per heavy atom. The van der Waals surface area contributed by atoms with Crippen LogP contribution in [0.25, 0.3) is 0 Å². The summed E-state index contributed by atoms with van der Waals surface area (Å²) in [4.78, 5) is 10.3. The first-order valence-corrected chi connectivity index (χ1v) is 8.56. The van der Waals surface area contributed by atoms with Crippen LogP contribution < -0.4 is 9.86 Å². The van der Waals surface area contributed by atoms with Crippen molar-refractivity contribution in [1.82, 2.24) is 4.72 Å². The molecular formula is C10H14N2O6S2. The predicted molar refractivity (Wildman–Crippen MR) is 70.8 cm³/mol. The lowest BCUT2D eigenvalue weighted by molar-refractivity contribution is -0.134. The van der Waals surface area contributed by atoms with Gasteiger partial charge in [0, 0.05) is 6.04 Å². The zero-order valence-corrected chi connectivity index (χ0v) is 12.1. The monoisotopic (exact) mass is 322 g/mol. The van der Waals surface area contributed by atoms with Crippen molar-refractivity contribution in [2.75, 3.05) is 5.75 Å². The highest BCUT2D eigenvalue weighted by molar-refractivity contribution is 7.90. The molecule has 0 fully saturated rings. The second-order valence-corrected chi connectivity index (χ2v) is 7.42. The topological polar surface area (TPSA) is 144 Å². The summed E-state index contributed by atoms with van der Waals surface area (Å²) in [6.07, 6.45) is 0. The van der Waals surface area contributed by atoms with Crippen molar-refractivity contribution in [1.29, 1.82) is 0 Å². The van der Waals surface area contributed by atoms with E-state index in [0.29, 0.717) is 5.56 Å². The van der Waals surface area contributed by atoms with Gasteiger partial charge in [-0.1, -0.05) is 12.1 Å². The summed E-state index contributed by atoms with van der Waals surface area (Å²) in [7, 11) is -7.77. The molecule has 1 aromatic carbocycles. The van der Waals surface area contributed by atoms with Crippen molar-refractivity contribution >= 4 is 26.0 Å². The minimum absolute atomic E-state index is 0.0955. The van der Waals surface area contributed by atoms with Gasteiger partial charge in [0.05, 0.1) is 4.90 Å². The summed E-state index contributed by atoms with van der Waals surface area (Å²) in [6.45, 7) is 1.51. The SMILES string of the molecule is CC(NS(=O)(=O)CC(=O)O)c1ccc(S(N)(=O)=O)cc1. The molecule has 4 N–H and O–H groups in total. The van der Waals surface area contributed by atoms with Gasteiger partial charge in [-0.2, -0.15) is 0 Å². The highest BCUT2D eigenvalue weighted by Crippen LogP contribution is 2.16. The maximum Gasteiger partial charge on any atom is 0.320 e. The van der Waals surface area contributed by atoms with Crippen molar-refractivity contribution in [3.8, 4) is 0 Å². The van der Waals surface area contributed by atoms with Gasteiger partial charge in [-0.05, 0) is 24.6 Å². The molecule has 0 spiro atoms. The third-order valence-electron chi connectivity index (χ3n) is 2.38. The van der Waals surface area contributed by atoms with Crippen LogP contribution in [0.5, 0.6) is 0 Å². The number of nitrogens with one attached hydrogen (secondary N) is 1. The molecule has 0 aliphatic rings. The Kier molecular flexibility index (Phi) is 4.86. The van der Waals surface area contributed by atoms with E-state index in [9.17, 15) is 21.6 Å². The van der Waals surface area contributed by atoms with Crippen LogP contribution in [-0.2, 0) is 24.8 Å². The molecule has 1 aromatic rings. The Morgan fingerprint density at radius 2 is 1.75 bits per heavy atom. The zero-order chi connectivity index (χ0) is 15.6. The van der Waals surface area contributed by atoms with E-state index in [4.69, 9.17) is 10.2 Å². The molecule has 8 nitrogen and oxygen atoms in total. The smallest absolute Gasteiger partial charge is 0.320 e. The number of hydrogen-bond donors (Lipinski definition) is 3. The average molecular weight is 322 g/mol. The van der Waals surface area contributed by atoms with E-state index in [1.807, 2.05) is 0 Å². The first kappa shape index (κ1) is 16.6. The average Bonchev–Trinajstić information content (AvgIpc) is 2.25. The molecule has 20 heavy (non-hydrogen) atoms. The van der Waals surface area contributed by atoms with Crippen LogP contribution in [0, 0.1) is 0 Å².